The van der Waals surface area contributed by atoms with E-state index in [-0.39, 0.29) is 0 Å². The molecule has 1 fully saturated rings. The summed E-state index contributed by atoms with van der Waals surface area (Å²) in [5.74, 6) is 2.06. The van der Waals surface area contributed by atoms with Crippen LogP contribution in [0.25, 0.3) is 0 Å². The number of hydrogen-bond donors (Lipinski definition) is 1. The second kappa shape index (κ2) is 6.21. The third-order valence-corrected chi connectivity index (χ3v) is 4.63. The van der Waals surface area contributed by atoms with Gasteiger partial charge in [-0.15, -0.1) is 0 Å². The molecule has 1 aliphatic rings. The predicted molar refractivity (Wildman–Crippen MR) is 68.3 cm³/mol. The van der Waals surface area contributed by atoms with E-state index in [1.807, 2.05) is 0 Å². The van der Waals surface area contributed by atoms with Gasteiger partial charge >= 0.3 is 0 Å². The minimum atomic E-state index is 0.314. The first-order chi connectivity index (χ1) is 7.10. The van der Waals surface area contributed by atoms with Crippen LogP contribution in [0.5, 0.6) is 0 Å². The van der Waals surface area contributed by atoms with Gasteiger partial charge in [-0.3, -0.25) is 4.90 Å². The number of likely N-dealkylation sites (tertiary alicyclic amines) is 1. The SMILES string of the molecule is CC(C)C(CBr)CN1CCC(C)C1CO. The van der Waals surface area contributed by atoms with Crippen molar-refractivity contribution in [3.63, 3.8) is 0 Å². The molecule has 3 unspecified atom stereocenters. The Labute approximate surface area is 102 Å². The van der Waals surface area contributed by atoms with Crippen molar-refractivity contribution in [1.82, 2.24) is 4.90 Å². The fourth-order valence-electron chi connectivity index (χ4n) is 2.35. The maximum absolute atomic E-state index is 9.38. The van der Waals surface area contributed by atoms with E-state index in [0.29, 0.717) is 30.4 Å². The number of rotatable bonds is 5. The predicted octanol–water partition coefficient (Wildman–Crippen LogP) is 2.36. The van der Waals surface area contributed by atoms with Gasteiger partial charge < -0.3 is 5.11 Å². The summed E-state index contributed by atoms with van der Waals surface area (Å²) in [7, 11) is 0. The Morgan fingerprint density at radius 3 is 2.60 bits per heavy atom. The van der Waals surface area contributed by atoms with Crippen molar-refractivity contribution in [2.24, 2.45) is 17.8 Å². The van der Waals surface area contributed by atoms with E-state index in [1.165, 1.54) is 6.42 Å². The van der Waals surface area contributed by atoms with Gasteiger partial charge in [0.2, 0.25) is 0 Å². The minimum absolute atomic E-state index is 0.314. The Bertz CT molecular complexity index is 186. The van der Waals surface area contributed by atoms with Gasteiger partial charge in [0.1, 0.15) is 0 Å². The second-order valence-corrected chi connectivity index (χ2v) is 5.82. The smallest absolute Gasteiger partial charge is 0.0589 e. The fourth-order valence-corrected chi connectivity index (χ4v) is 3.30. The van der Waals surface area contributed by atoms with Crippen LogP contribution in [-0.4, -0.2) is 41.1 Å². The average Bonchev–Trinajstić information content (AvgIpc) is 2.54. The molecule has 3 heteroatoms. The maximum atomic E-state index is 9.38. The number of alkyl halides is 1. The molecule has 1 saturated heterocycles. The van der Waals surface area contributed by atoms with Gasteiger partial charge in [0.05, 0.1) is 6.61 Å². The molecule has 2 nitrogen and oxygen atoms in total. The van der Waals surface area contributed by atoms with Crippen molar-refractivity contribution in [3.8, 4) is 0 Å². The molecule has 0 spiro atoms. The van der Waals surface area contributed by atoms with Crippen molar-refractivity contribution in [1.29, 1.82) is 0 Å². The van der Waals surface area contributed by atoms with E-state index in [4.69, 9.17) is 0 Å². The van der Waals surface area contributed by atoms with Crippen LogP contribution in [-0.2, 0) is 0 Å². The summed E-state index contributed by atoms with van der Waals surface area (Å²) < 4.78 is 0. The van der Waals surface area contributed by atoms with Crippen LogP contribution in [0.15, 0.2) is 0 Å². The van der Waals surface area contributed by atoms with Crippen LogP contribution in [0.4, 0.5) is 0 Å². The van der Waals surface area contributed by atoms with Crippen LogP contribution in [0.3, 0.4) is 0 Å². The molecule has 3 atom stereocenters. The Hall–Kier alpha value is 0.400. The Morgan fingerprint density at radius 2 is 2.13 bits per heavy atom. The molecule has 0 amide bonds. The van der Waals surface area contributed by atoms with Crippen LogP contribution in [0.2, 0.25) is 0 Å². The molecule has 1 rings (SSSR count). The Balaban J connectivity index is 2.49. The zero-order valence-corrected chi connectivity index (χ0v) is 11.7. The standard InChI is InChI=1S/C12H24BrNO/c1-9(2)11(6-13)7-14-5-4-10(3)12(14)8-15/h9-12,15H,4-8H2,1-3H3. The summed E-state index contributed by atoms with van der Waals surface area (Å²) >= 11 is 3.59. The fraction of sp³-hybridized carbons (Fsp3) is 1.00. The molecule has 0 aliphatic carbocycles. The molecule has 0 aromatic carbocycles. The third kappa shape index (κ3) is 3.43. The quantitative estimate of drug-likeness (QED) is 0.780. The molecule has 90 valence electrons. The summed E-state index contributed by atoms with van der Waals surface area (Å²) in [5, 5.41) is 10.4. The molecule has 15 heavy (non-hydrogen) atoms. The lowest BCUT2D eigenvalue weighted by molar-refractivity contribution is 0.120. The van der Waals surface area contributed by atoms with Crippen molar-refractivity contribution >= 4 is 15.9 Å². The zero-order chi connectivity index (χ0) is 11.4. The van der Waals surface area contributed by atoms with E-state index in [2.05, 4.69) is 41.6 Å². The highest BCUT2D eigenvalue weighted by Crippen LogP contribution is 2.26. The van der Waals surface area contributed by atoms with Crippen molar-refractivity contribution in [2.45, 2.75) is 33.2 Å². The van der Waals surface area contributed by atoms with Gasteiger partial charge in [-0.05, 0) is 30.7 Å². The topological polar surface area (TPSA) is 23.5 Å². The van der Waals surface area contributed by atoms with Crippen molar-refractivity contribution < 1.29 is 5.11 Å². The van der Waals surface area contributed by atoms with Crippen LogP contribution < -0.4 is 0 Å². The minimum Gasteiger partial charge on any atom is -0.395 e. The molecule has 1 heterocycles. The molecular formula is C12H24BrNO. The highest BCUT2D eigenvalue weighted by atomic mass is 79.9. The van der Waals surface area contributed by atoms with Crippen LogP contribution in [0.1, 0.15) is 27.2 Å². The third-order valence-electron chi connectivity index (χ3n) is 3.79. The lowest BCUT2D eigenvalue weighted by Crippen LogP contribution is -2.39. The van der Waals surface area contributed by atoms with Gasteiger partial charge in [0.15, 0.2) is 0 Å². The molecule has 1 N–H and O–H groups in total. The summed E-state index contributed by atoms with van der Waals surface area (Å²) in [4.78, 5) is 2.47. The average molecular weight is 278 g/mol. The Kier molecular flexibility index (Phi) is 5.58. The first kappa shape index (κ1) is 13.5. The number of halogens is 1. The van der Waals surface area contributed by atoms with Gasteiger partial charge in [0.25, 0.3) is 0 Å². The van der Waals surface area contributed by atoms with E-state index >= 15 is 0 Å². The molecule has 0 aromatic heterocycles. The number of aliphatic hydroxyl groups excluding tert-OH is 1. The van der Waals surface area contributed by atoms with Crippen LogP contribution in [0, 0.1) is 17.8 Å². The molecule has 0 radical (unpaired) electrons. The molecule has 0 aromatic rings. The lowest BCUT2D eigenvalue weighted by atomic mass is 9.96. The highest BCUT2D eigenvalue weighted by Gasteiger charge is 2.32. The summed E-state index contributed by atoms with van der Waals surface area (Å²) in [6, 6.07) is 0.394. The van der Waals surface area contributed by atoms with Crippen molar-refractivity contribution in [2.75, 3.05) is 25.0 Å². The first-order valence-electron chi connectivity index (χ1n) is 6.01. The molecular weight excluding hydrogens is 254 g/mol. The first-order valence-corrected chi connectivity index (χ1v) is 7.13. The summed E-state index contributed by atoms with van der Waals surface area (Å²) in [5.41, 5.74) is 0. The number of nitrogens with zero attached hydrogens (tertiary/aromatic N) is 1. The number of aliphatic hydroxyl groups is 1. The van der Waals surface area contributed by atoms with Gasteiger partial charge in [0, 0.05) is 17.9 Å². The molecule has 1 aliphatic heterocycles. The van der Waals surface area contributed by atoms with Gasteiger partial charge in [-0.25, -0.2) is 0 Å². The maximum Gasteiger partial charge on any atom is 0.0589 e. The van der Waals surface area contributed by atoms with E-state index in [1.54, 1.807) is 0 Å². The monoisotopic (exact) mass is 277 g/mol. The number of hydrogen-bond acceptors (Lipinski definition) is 2. The van der Waals surface area contributed by atoms with Gasteiger partial charge in [-0.1, -0.05) is 36.7 Å². The summed E-state index contributed by atoms with van der Waals surface area (Å²) in [6.45, 7) is 9.40. The Morgan fingerprint density at radius 1 is 1.47 bits per heavy atom. The zero-order valence-electron chi connectivity index (χ0n) is 10.1. The van der Waals surface area contributed by atoms with E-state index < -0.39 is 0 Å². The second-order valence-electron chi connectivity index (χ2n) is 5.17. The highest BCUT2D eigenvalue weighted by molar-refractivity contribution is 9.09. The molecule has 0 saturated carbocycles. The largest absolute Gasteiger partial charge is 0.395 e. The van der Waals surface area contributed by atoms with E-state index in [9.17, 15) is 5.11 Å². The van der Waals surface area contributed by atoms with Crippen LogP contribution >= 0.6 is 15.9 Å². The van der Waals surface area contributed by atoms with Gasteiger partial charge in [-0.2, -0.15) is 0 Å². The lowest BCUT2D eigenvalue weighted by Gasteiger charge is -2.30. The van der Waals surface area contributed by atoms with E-state index in [0.717, 1.165) is 18.4 Å². The van der Waals surface area contributed by atoms with Crippen molar-refractivity contribution in [3.05, 3.63) is 0 Å². The summed E-state index contributed by atoms with van der Waals surface area (Å²) in [6.07, 6.45) is 1.23. The molecule has 0 bridgehead atoms. The normalized spacial score (nSPS) is 30.0.